The number of fused-ring (bicyclic) bond motifs is 3. The van der Waals surface area contributed by atoms with E-state index in [1.165, 1.54) is 75.6 Å². The lowest BCUT2D eigenvalue weighted by Crippen LogP contribution is -2.25. The number of aromatic nitrogens is 3. The van der Waals surface area contributed by atoms with Gasteiger partial charge in [0.15, 0.2) is 34.8 Å². The van der Waals surface area contributed by atoms with Crippen molar-refractivity contribution in [2.24, 2.45) is 0 Å². The van der Waals surface area contributed by atoms with Gasteiger partial charge in [0.05, 0.1) is 62.6 Å². The molecule has 6 aromatic carbocycles. The number of Topliss-reactive ketones (excluding diaryl/α,β-unsaturated/α-hetero) is 2. The molecule has 0 bridgehead atoms. The minimum atomic E-state index is -4.64. The molecular formula is C59H49F9I3N3O11S3. The summed E-state index contributed by atoms with van der Waals surface area (Å²) in [5.74, 6) is -6.17. The minimum absolute atomic E-state index is 0. The van der Waals surface area contributed by atoms with Crippen molar-refractivity contribution in [2.75, 3.05) is 39.6 Å². The van der Waals surface area contributed by atoms with Crippen LogP contribution in [0.2, 0.25) is 0 Å². The monoisotopic (exact) mass is 1620 g/mol. The number of aromatic carboxylic acids is 1. The van der Waals surface area contributed by atoms with Crippen molar-refractivity contribution >= 4 is 156 Å². The molecule has 3 aromatic heterocycles. The molecule has 10 rings (SSSR count). The first-order valence-electron chi connectivity index (χ1n) is 25.2. The molecule has 14 nitrogen and oxygen atoms in total. The van der Waals surface area contributed by atoms with E-state index >= 15 is 8.78 Å². The van der Waals surface area contributed by atoms with E-state index in [1.807, 2.05) is 67.8 Å². The van der Waals surface area contributed by atoms with Crippen molar-refractivity contribution in [1.29, 1.82) is 0 Å². The first-order valence-corrected chi connectivity index (χ1v) is 31.1. The van der Waals surface area contributed by atoms with Gasteiger partial charge in [0.25, 0.3) is 0 Å². The van der Waals surface area contributed by atoms with E-state index in [4.69, 9.17) is 28.8 Å². The molecule has 2 unspecified atom stereocenters. The van der Waals surface area contributed by atoms with Crippen LogP contribution >= 0.6 is 102 Å². The smallest absolute Gasteiger partial charge is 0.446 e. The number of carbonyl (C=O) groups excluding carboxylic acids is 3. The van der Waals surface area contributed by atoms with Crippen LogP contribution in [0.15, 0.2) is 89.3 Å². The Bertz CT molecular complexity index is 3980. The summed E-state index contributed by atoms with van der Waals surface area (Å²) in [6.45, 7) is 2.81. The first kappa shape index (κ1) is 71.9. The van der Waals surface area contributed by atoms with Gasteiger partial charge in [0.2, 0.25) is 6.29 Å². The maximum atomic E-state index is 15.3. The van der Waals surface area contributed by atoms with E-state index in [2.05, 4.69) is 15.0 Å². The van der Waals surface area contributed by atoms with Gasteiger partial charge >= 0.3 is 12.1 Å². The number of ketones is 2. The molecule has 1 aliphatic heterocycles. The maximum absolute atomic E-state index is 15.3. The molecule has 0 spiro atoms. The topological polar surface area (TPSA) is 205 Å². The summed E-state index contributed by atoms with van der Waals surface area (Å²) in [4.78, 5) is 57.6. The Labute approximate surface area is 548 Å². The fourth-order valence-corrected chi connectivity index (χ4v) is 11.9. The Morgan fingerprint density at radius 3 is 1.35 bits per heavy atom. The SMILES string of the molecule is C.CC1(C)OCC(COCC(=O)c2cc3scnc3c(F)c2Cc2ccc(I)cc2F)O1.O=C(COCC(O)CO)c1cc2scnc2c(F)c1Cc1ccc(I)cc1F.O=C(O)c1cc2scnc2c(F)c1Cc1ccc(I)cc1F.O=CC(F)(F)F. The van der Waals surface area contributed by atoms with Gasteiger partial charge < -0.3 is 34.3 Å². The molecule has 1 saturated heterocycles. The number of aliphatic hydroxyl groups excluding tert-OH is 2. The van der Waals surface area contributed by atoms with Crippen molar-refractivity contribution in [3.8, 4) is 0 Å². The largest absolute Gasteiger partial charge is 0.478 e. The van der Waals surface area contributed by atoms with Gasteiger partial charge in [-0.25, -0.2) is 46.1 Å². The maximum Gasteiger partial charge on any atom is 0.446 e. The number of hydrogen-bond donors (Lipinski definition) is 3. The molecule has 2 atom stereocenters. The van der Waals surface area contributed by atoms with Gasteiger partial charge in [-0.1, -0.05) is 25.6 Å². The lowest BCUT2D eigenvalue weighted by Gasteiger charge is -2.17. The molecule has 29 heteroatoms. The van der Waals surface area contributed by atoms with Crippen molar-refractivity contribution in [3.05, 3.63) is 185 Å². The molecule has 88 heavy (non-hydrogen) atoms. The number of aldehydes is 1. The number of carboxylic acids is 1. The molecule has 9 aromatic rings. The minimum Gasteiger partial charge on any atom is -0.478 e. The highest BCUT2D eigenvalue weighted by atomic mass is 127. The third-order valence-electron chi connectivity index (χ3n) is 12.5. The van der Waals surface area contributed by atoms with E-state index in [0.717, 1.165) is 14.9 Å². The van der Waals surface area contributed by atoms with Crippen LogP contribution in [0.5, 0.6) is 0 Å². The number of halogens is 12. The van der Waals surface area contributed by atoms with Crippen LogP contribution in [-0.4, -0.2) is 118 Å². The van der Waals surface area contributed by atoms with Crippen molar-refractivity contribution < 1.29 is 93.0 Å². The average molecular weight is 1620 g/mol. The van der Waals surface area contributed by atoms with E-state index in [1.54, 1.807) is 50.2 Å². The Kier molecular flexibility index (Phi) is 26.3. The number of carboxylic acid groups (broad SMARTS) is 1. The molecular weight excluding hydrogens is 1570 g/mol. The van der Waals surface area contributed by atoms with Gasteiger partial charge in [0.1, 0.15) is 59.4 Å². The summed E-state index contributed by atoms with van der Waals surface area (Å²) in [5.41, 5.74) is 5.94. The van der Waals surface area contributed by atoms with Crippen LogP contribution < -0.4 is 0 Å². The Morgan fingerprint density at radius 1 is 0.659 bits per heavy atom. The molecule has 0 amide bonds. The van der Waals surface area contributed by atoms with Crippen molar-refractivity contribution in [1.82, 2.24) is 15.0 Å². The third kappa shape index (κ3) is 19.2. The zero-order valence-electron chi connectivity index (χ0n) is 45.0. The lowest BCUT2D eigenvalue weighted by molar-refractivity contribution is -0.156. The third-order valence-corrected chi connectivity index (χ3v) is 16.8. The number of carbonyl (C=O) groups is 4. The molecule has 468 valence electrons. The standard InChI is InChI=1S/C22H20F2INO4S.C19H16F2INO4S.C15H8F2INO2S.C2HF3O.CH4/c1-22(2)29-9-14(30-22)8-28-10-18(27)15-7-19-21(26-11-31-19)20(24)16(15)5-12-3-4-13(25)6-17(12)23;20-15-4-11(22)2-1-10(15)3-14-13(16(26)8-27-7-12(25)6-24)5-17-19(18(14)21)23-9-28-17;16-11-4-8(18)2-1-7(11)3-9-10(15(20)21)5-12-14(13(9)17)19-6-22-12;3-2(4,5)1-6;/h3-4,6-7,11,14H,5,8-10H2,1-2H3;1-2,4-5,9,12,24-25H,3,6-8H2;1-2,4-6H,3H2,(H,20,21);1H;1H4. The number of ether oxygens (including phenoxy) is 4. The second-order valence-electron chi connectivity index (χ2n) is 19.1. The average Bonchev–Trinajstić information content (AvgIpc) is 2.69. The number of nitrogens with zero attached hydrogens (tertiary/aromatic N) is 3. The predicted octanol–water partition coefficient (Wildman–Crippen LogP) is 14.3. The summed E-state index contributed by atoms with van der Waals surface area (Å²) < 4.78 is 144. The predicted molar refractivity (Wildman–Crippen MR) is 339 cm³/mol. The summed E-state index contributed by atoms with van der Waals surface area (Å²) in [6, 6.07) is 18.4. The van der Waals surface area contributed by atoms with Crippen LogP contribution in [0.1, 0.15) is 85.7 Å². The summed E-state index contributed by atoms with van der Waals surface area (Å²) in [7, 11) is 0. The number of benzene rings is 6. The molecule has 3 N–H and O–H groups in total. The Morgan fingerprint density at radius 2 is 1.02 bits per heavy atom. The summed E-state index contributed by atoms with van der Waals surface area (Å²) in [6.07, 6.45) is -7.38. The first-order chi connectivity index (χ1) is 41.2. The van der Waals surface area contributed by atoms with E-state index in [-0.39, 0.29) is 119 Å². The summed E-state index contributed by atoms with van der Waals surface area (Å²) in [5, 5.41) is 27.4. The van der Waals surface area contributed by atoms with E-state index in [0.29, 0.717) is 33.4 Å². The van der Waals surface area contributed by atoms with Gasteiger partial charge in [-0.2, -0.15) is 13.2 Å². The van der Waals surface area contributed by atoms with Crippen LogP contribution in [0, 0.1) is 45.6 Å². The van der Waals surface area contributed by atoms with Gasteiger partial charge in [-0.3, -0.25) is 14.4 Å². The van der Waals surface area contributed by atoms with Crippen molar-refractivity contribution in [2.45, 2.75) is 64.7 Å². The van der Waals surface area contributed by atoms with Gasteiger partial charge in [-0.15, -0.1) is 34.0 Å². The van der Waals surface area contributed by atoms with Crippen LogP contribution in [-0.2, 0) is 43.0 Å². The number of aliphatic hydroxyl groups is 2. The molecule has 4 heterocycles. The lowest BCUT2D eigenvalue weighted by atomic mass is 9.96. The highest BCUT2D eigenvalue weighted by molar-refractivity contribution is 14.1. The fourth-order valence-electron chi connectivity index (χ4n) is 8.40. The quantitative estimate of drug-likeness (QED) is 0.0317. The van der Waals surface area contributed by atoms with Crippen LogP contribution in [0.3, 0.4) is 0 Å². The Hall–Kier alpha value is -5.21. The second kappa shape index (κ2) is 32.2. The molecule has 1 aliphatic rings. The Balaban J connectivity index is 0.000000202. The van der Waals surface area contributed by atoms with Gasteiger partial charge in [0, 0.05) is 57.8 Å². The van der Waals surface area contributed by atoms with Crippen LogP contribution in [0.4, 0.5) is 39.5 Å². The number of alkyl halides is 3. The van der Waals surface area contributed by atoms with Crippen molar-refractivity contribution in [3.63, 3.8) is 0 Å². The molecule has 0 saturated carbocycles. The zero-order valence-corrected chi connectivity index (χ0v) is 53.9. The van der Waals surface area contributed by atoms with Gasteiger partial charge in [-0.05, 0) is 153 Å². The normalized spacial score (nSPS) is 13.8. The zero-order chi connectivity index (χ0) is 63.5. The molecule has 0 aliphatic carbocycles. The molecule has 0 radical (unpaired) electrons. The fraction of sp³-hybridized carbons (Fsp3) is 0.271. The second-order valence-corrected chi connectivity index (χ2v) is 25.5. The summed E-state index contributed by atoms with van der Waals surface area (Å²) >= 11 is 9.56. The number of hydrogen-bond acceptors (Lipinski definition) is 16. The highest BCUT2D eigenvalue weighted by Crippen LogP contribution is 2.34. The highest BCUT2D eigenvalue weighted by Gasteiger charge is 2.33. The number of rotatable bonds is 18. The number of thiazole rings is 3. The van der Waals surface area contributed by atoms with E-state index in [9.17, 15) is 55.3 Å². The molecule has 1 fully saturated rings. The van der Waals surface area contributed by atoms with E-state index < -0.39 is 84.2 Å². The van der Waals surface area contributed by atoms with Crippen LogP contribution in [0.25, 0.3) is 30.6 Å².